The van der Waals surface area contributed by atoms with Crippen LogP contribution in [0.2, 0.25) is 0 Å². The predicted octanol–water partition coefficient (Wildman–Crippen LogP) is 3.42. The number of benzene rings is 2. The first-order valence-corrected chi connectivity index (χ1v) is 10.8. The molecule has 0 radical (unpaired) electrons. The summed E-state index contributed by atoms with van der Waals surface area (Å²) in [7, 11) is -4.16. The number of hydrogen-bond acceptors (Lipinski definition) is 6. The molecule has 0 bridgehead atoms. The largest absolute Gasteiger partial charge is 0.461 e. The SMILES string of the molecule is CC[C@H]1OC(=O)N(S(=O)(=O)c2ccc(C)cc2)[C@@H]1CC(=O)OCc1ccccc1. The van der Waals surface area contributed by atoms with Gasteiger partial charge in [-0.25, -0.2) is 13.2 Å². The first kappa shape index (κ1) is 20.9. The molecule has 29 heavy (non-hydrogen) atoms. The molecular formula is C21H23NO6S. The Bertz CT molecular complexity index is 972. The van der Waals surface area contributed by atoms with Crippen molar-refractivity contribution in [3.63, 3.8) is 0 Å². The Morgan fingerprint density at radius 3 is 2.38 bits per heavy atom. The number of rotatable bonds is 7. The summed E-state index contributed by atoms with van der Waals surface area (Å²) in [5, 5.41) is 0. The number of sulfonamides is 1. The normalized spacial score (nSPS) is 19.1. The molecule has 0 aliphatic carbocycles. The fourth-order valence-electron chi connectivity index (χ4n) is 3.18. The molecular weight excluding hydrogens is 394 g/mol. The lowest BCUT2D eigenvalue weighted by Gasteiger charge is -2.23. The molecule has 1 aliphatic heterocycles. The van der Waals surface area contributed by atoms with Crippen LogP contribution in [0.5, 0.6) is 0 Å². The number of cyclic esters (lactones) is 1. The Morgan fingerprint density at radius 1 is 1.10 bits per heavy atom. The average Bonchev–Trinajstić information content (AvgIpc) is 3.03. The van der Waals surface area contributed by atoms with Gasteiger partial charge < -0.3 is 9.47 Å². The van der Waals surface area contributed by atoms with Gasteiger partial charge in [0.05, 0.1) is 17.4 Å². The molecule has 3 rings (SSSR count). The fourth-order valence-corrected chi connectivity index (χ4v) is 4.70. The molecule has 1 fully saturated rings. The highest BCUT2D eigenvalue weighted by molar-refractivity contribution is 7.89. The lowest BCUT2D eigenvalue weighted by Crippen LogP contribution is -2.42. The fraction of sp³-hybridized carbons (Fsp3) is 0.333. The first-order chi connectivity index (χ1) is 13.8. The lowest BCUT2D eigenvalue weighted by molar-refractivity contribution is -0.146. The topological polar surface area (TPSA) is 90.0 Å². The van der Waals surface area contributed by atoms with E-state index in [9.17, 15) is 18.0 Å². The van der Waals surface area contributed by atoms with Gasteiger partial charge >= 0.3 is 12.1 Å². The zero-order chi connectivity index (χ0) is 21.0. The van der Waals surface area contributed by atoms with Crippen molar-refractivity contribution >= 4 is 22.1 Å². The van der Waals surface area contributed by atoms with Crippen LogP contribution in [0.1, 0.15) is 30.9 Å². The van der Waals surface area contributed by atoms with E-state index in [-0.39, 0.29) is 17.9 Å². The van der Waals surface area contributed by atoms with Crippen molar-refractivity contribution < 1.29 is 27.5 Å². The van der Waals surface area contributed by atoms with E-state index in [4.69, 9.17) is 9.47 Å². The first-order valence-electron chi connectivity index (χ1n) is 9.34. The van der Waals surface area contributed by atoms with E-state index in [1.807, 2.05) is 37.3 Å². The highest BCUT2D eigenvalue weighted by atomic mass is 32.2. The van der Waals surface area contributed by atoms with Crippen LogP contribution >= 0.6 is 0 Å². The molecule has 0 saturated carbocycles. The second-order valence-electron chi connectivity index (χ2n) is 6.86. The third-order valence-electron chi connectivity index (χ3n) is 4.76. The van der Waals surface area contributed by atoms with Gasteiger partial charge in [0.25, 0.3) is 10.0 Å². The lowest BCUT2D eigenvalue weighted by atomic mass is 10.1. The maximum absolute atomic E-state index is 13.1. The summed E-state index contributed by atoms with van der Waals surface area (Å²) in [6.45, 7) is 3.67. The Labute approximate surface area is 170 Å². The van der Waals surface area contributed by atoms with Crippen LogP contribution in [0.25, 0.3) is 0 Å². The van der Waals surface area contributed by atoms with Crippen molar-refractivity contribution in [2.24, 2.45) is 0 Å². The number of carbonyl (C=O) groups is 2. The van der Waals surface area contributed by atoms with Crippen LogP contribution in [0.3, 0.4) is 0 Å². The van der Waals surface area contributed by atoms with E-state index < -0.39 is 34.2 Å². The minimum Gasteiger partial charge on any atom is -0.461 e. The van der Waals surface area contributed by atoms with Crippen LogP contribution in [0, 0.1) is 6.92 Å². The maximum Gasteiger partial charge on any atom is 0.424 e. The number of nitrogens with zero attached hydrogens (tertiary/aromatic N) is 1. The highest BCUT2D eigenvalue weighted by Crippen LogP contribution is 2.31. The number of carbonyl (C=O) groups excluding carboxylic acids is 2. The molecule has 0 unspecified atom stereocenters. The minimum atomic E-state index is -4.16. The van der Waals surface area contributed by atoms with Crippen LogP contribution in [0.15, 0.2) is 59.5 Å². The van der Waals surface area contributed by atoms with Crippen molar-refractivity contribution in [2.45, 2.75) is 50.3 Å². The van der Waals surface area contributed by atoms with Gasteiger partial charge in [0, 0.05) is 0 Å². The summed E-state index contributed by atoms with van der Waals surface area (Å²) < 4.78 is 37.3. The molecule has 1 heterocycles. The molecule has 7 nitrogen and oxygen atoms in total. The highest BCUT2D eigenvalue weighted by Gasteiger charge is 2.49. The zero-order valence-electron chi connectivity index (χ0n) is 16.3. The standard InChI is InChI=1S/C21H23NO6S/c1-3-19-18(13-20(23)27-14-16-7-5-4-6-8-16)22(21(24)28-19)29(25,26)17-11-9-15(2)10-12-17/h4-12,18-19H,3,13-14H2,1-2H3/t18-,19-/m1/s1. The molecule has 1 amide bonds. The Kier molecular flexibility index (Phi) is 6.22. The number of esters is 1. The molecule has 1 saturated heterocycles. The summed E-state index contributed by atoms with van der Waals surface area (Å²) in [5.74, 6) is -0.597. The Balaban J connectivity index is 1.79. The maximum atomic E-state index is 13.1. The van der Waals surface area contributed by atoms with Gasteiger partial charge in [-0.2, -0.15) is 4.31 Å². The Hall–Kier alpha value is -2.87. The minimum absolute atomic E-state index is 0.0283. The van der Waals surface area contributed by atoms with Gasteiger partial charge in [-0.15, -0.1) is 0 Å². The smallest absolute Gasteiger partial charge is 0.424 e. The van der Waals surface area contributed by atoms with E-state index in [2.05, 4.69) is 0 Å². The monoisotopic (exact) mass is 417 g/mol. The van der Waals surface area contributed by atoms with E-state index in [1.54, 1.807) is 19.1 Å². The third-order valence-corrected chi connectivity index (χ3v) is 6.57. The summed E-state index contributed by atoms with van der Waals surface area (Å²) in [4.78, 5) is 24.7. The van der Waals surface area contributed by atoms with Crippen molar-refractivity contribution in [3.8, 4) is 0 Å². The number of ether oxygens (including phenoxy) is 2. The van der Waals surface area contributed by atoms with Crippen molar-refractivity contribution in [3.05, 3.63) is 65.7 Å². The second-order valence-corrected chi connectivity index (χ2v) is 8.68. The Morgan fingerprint density at radius 2 is 1.76 bits per heavy atom. The molecule has 2 atom stereocenters. The molecule has 0 N–H and O–H groups in total. The molecule has 1 aliphatic rings. The van der Waals surface area contributed by atoms with Gasteiger partial charge in [-0.1, -0.05) is 55.0 Å². The second kappa shape index (κ2) is 8.65. The van der Waals surface area contributed by atoms with Gasteiger partial charge in [0.2, 0.25) is 0 Å². The molecule has 0 spiro atoms. The summed E-state index contributed by atoms with van der Waals surface area (Å²) in [6.07, 6.45) is -1.59. The van der Waals surface area contributed by atoms with Crippen molar-refractivity contribution in [1.82, 2.24) is 4.31 Å². The number of amides is 1. The molecule has 0 aromatic heterocycles. The summed E-state index contributed by atoms with van der Waals surface area (Å²) >= 11 is 0. The van der Waals surface area contributed by atoms with Crippen molar-refractivity contribution in [1.29, 1.82) is 0 Å². The van der Waals surface area contributed by atoms with Crippen LogP contribution in [-0.4, -0.2) is 36.9 Å². The van der Waals surface area contributed by atoms with Gasteiger partial charge in [0.1, 0.15) is 12.7 Å². The molecule has 2 aromatic rings. The van der Waals surface area contributed by atoms with E-state index in [0.29, 0.717) is 10.7 Å². The van der Waals surface area contributed by atoms with E-state index >= 15 is 0 Å². The summed E-state index contributed by atoms with van der Waals surface area (Å²) in [6, 6.07) is 14.4. The average molecular weight is 417 g/mol. The third kappa shape index (κ3) is 4.59. The van der Waals surface area contributed by atoms with Gasteiger partial charge in [-0.05, 0) is 31.0 Å². The molecule has 2 aromatic carbocycles. The van der Waals surface area contributed by atoms with E-state index in [0.717, 1.165) is 11.1 Å². The van der Waals surface area contributed by atoms with Gasteiger partial charge in [0.15, 0.2) is 0 Å². The van der Waals surface area contributed by atoms with Crippen LogP contribution in [0.4, 0.5) is 4.79 Å². The number of aryl methyl sites for hydroxylation is 1. The van der Waals surface area contributed by atoms with Crippen LogP contribution < -0.4 is 0 Å². The number of hydrogen-bond donors (Lipinski definition) is 0. The van der Waals surface area contributed by atoms with Gasteiger partial charge in [-0.3, -0.25) is 4.79 Å². The molecule has 154 valence electrons. The predicted molar refractivity (Wildman–Crippen MR) is 105 cm³/mol. The van der Waals surface area contributed by atoms with Crippen LogP contribution in [-0.2, 0) is 30.9 Å². The van der Waals surface area contributed by atoms with Crippen molar-refractivity contribution in [2.75, 3.05) is 0 Å². The quantitative estimate of drug-likeness (QED) is 0.641. The van der Waals surface area contributed by atoms with E-state index in [1.165, 1.54) is 12.1 Å². The zero-order valence-corrected chi connectivity index (χ0v) is 17.1. The molecule has 8 heteroatoms. The summed E-state index contributed by atoms with van der Waals surface area (Å²) in [5.41, 5.74) is 1.70.